The zero-order valence-corrected chi connectivity index (χ0v) is 13.5. The van der Waals surface area contributed by atoms with Gasteiger partial charge in [-0.05, 0) is 43.8 Å². The van der Waals surface area contributed by atoms with Crippen molar-refractivity contribution in [3.63, 3.8) is 0 Å². The molecule has 0 atom stereocenters. The Kier molecular flexibility index (Phi) is 4.82. The van der Waals surface area contributed by atoms with Gasteiger partial charge < -0.3 is 15.1 Å². The Balaban J connectivity index is 2.56. The van der Waals surface area contributed by atoms with Crippen LogP contribution in [0.2, 0.25) is 18.1 Å². The summed E-state index contributed by atoms with van der Waals surface area (Å²) in [5.41, 5.74) is -1.51. The molecule has 0 radical (unpaired) electrons. The smallest absolute Gasteiger partial charge is 0.372 e. The summed E-state index contributed by atoms with van der Waals surface area (Å²) in [7, 11) is -2.18. The molecule has 2 N–H and O–H groups in total. The molecule has 0 unspecified atom stereocenters. The van der Waals surface area contributed by atoms with Crippen LogP contribution < -0.4 is 0 Å². The maximum Gasteiger partial charge on any atom is 0.372 e. The van der Waals surface area contributed by atoms with Crippen molar-refractivity contribution in [3.8, 4) is 0 Å². The zero-order chi connectivity index (χ0) is 14.9. The molecule has 0 aromatic carbocycles. The first-order valence-electron chi connectivity index (χ1n) is 6.78. The van der Waals surface area contributed by atoms with Crippen LogP contribution in [0, 0.1) is 0 Å². The highest BCUT2D eigenvalue weighted by Crippen LogP contribution is 2.37. The summed E-state index contributed by atoms with van der Waals surface area (Å²) in [5, 5.41) is 19.5. The van der Waals surface area contributed by atoms with E-state index in [1.807, 2.05) is 33.9 Å². The molecular weight excluding hydrogens is 264 g/mol. The number of aliphatic hydroxyl groups excluding tert-OH is 1. The van der Waals surface area contributed by atoms with Crippen LogP contribution in [0.3, 0.4) is 0 Å². The van der Waals surface area contributed by atoms with Gasteiger partial charge in [-0.2, -0.15) is 0 Å². The Morgan fingerprint density at radius 1 is 1.26 bits per heavy atom. The summed E-state index contributed by atoms with van der Waals surface area (Å²) in [4.78, 5) is 16.8. The molecule has 1 saturated carbocycles. The van der Waals surface area contributed by atoms with Crippen LogP contribution in [0.5, 0.6) is 0 Å². The molecule has 1 aliphatic carbocycles. The van der Waals surface area contributed by atoms with Crippen molar-refractivity contribution in [1.82, 2.24) is 0 Å². The average molecular weight is 290 g/mol. The van der Waals surface area contributed by atoms with E-state index >= 15 is 0 Å². The lowest BCUT2D eigenvalue weighted by atomic mass is 9.83. The zero-order valence-electron chi connectivity index (χ0n) is 12.5. The third-order valence-electron chi connectivity index (χ3n) is 4.29. The Labute approximate surface area is 116 Å². The second-order valence-corrected chi connectivity index (χ2v) is 11.7. The Morgan fingerprint density at radius 3 is 2.16 bits per heavy atom. The van der Waals surface area contributed by atoms with Crippen molar-refractivity contribution in [2.24, 2.45) is 0 Å². The molecule has 0 aromatic rings. The second kappa shape index (κ2) is 5.52. The van der Waals surface area contributed by atoms with Crippen molar-refractivity contribution in [2.75, 3.05) is 0 Å². The molecule has 1 rings (SSSR count). The van der Waals surface area contributed by atoms with Crippen LogP contribution in [0.15, 0.2) is 0 Å². The molecule has 0 aliphatic heterocycles. The van der Waals surface area contributed by atoms with E-state index in [0.717, 1.165) is 0 Å². The molecule has 5 nitrogen and oxygen atoms in total. The molecule has 1 fully saturated rings. The maximum atomic E-state index is 11.9. The minimum absolute atomic E-state index is 0.0708. The van der Waals surface area contributed by atoms with E-state index in [-0.39, 0.29) is 17.9 Å². The molecule has 0 aromatic heterocycles. The number of hydrogen-bond acceptors (Lipinski definition) is 5. The molecule has 112 valence electrons. The predicted molar refractivity (Wildman–Crippen MR) is 73.8 cm³/mol. The van der Waals surface area contributed by atoms with Gasteiger partial charge in [0.15, 0.2) is 5.60 Å². The minimum Gasteiger partial charge on any atom is -0.393 e. The Hall–Kier alpha value is -0.433. The lowest BCUT2D eigenvalue weighted by Gasteiger charge is -2.36. The summed E-state index contributed by atoms with van der Waals surface area (Å²) in [5.74, 6) is -0.732. The number of carbonyl (C=O) groups is 1. The molecule has 19 heavy (non-hydrogen) atoms. The van der Waals surface area contributed by atoms with Crippen LogP contribution >= 0.6 is 0 Å². The fraction of sp³-hybridized carbons (Fsp3) is 0.923. The second-order valence-electron chi connectivity index (χ2n) is 6.98. The van der Waals surface area contributed by atoms with Gasteiger partial charge in [-0.1, -0.05) is 20.8 Å². The fourth-order valence-corrected chi connectivity index (χ4v) is 2.16. The van der Waals surface area contributed by atoms with Gasteiger partial charge in [0.25, 0.3) is 8.32 Å². The molecule has 0 amide bonds. The molecule has 0 heterocycles. The third kappa shape index (κ3) is 4.01. The van der Waals surface area contributed by atoms with Crippen molar-refractivity contribution in [2.45, 2.75) is 76.3 Å². The number of rotatable bonds is 3. The minimum atomic E-state index is -2.18. The maximum absolute atomic E-state index is 11.9. The van der Waals surface area contributed by atoms with E-state index in [4.69, 9.17) is 9.46 Å². The summed E-state index contributed by atoms with van der Waals surface area (Å²) in [6.07, 6.45) is 0.813. The van der Waals surface area contributed by atoms with Crippen molar-refractivity contribution >= 4 is 14.3 Å². The van der Waals surface area contributed by atoms with E-state index in [0.29, 0.717) is 12.8 Å². The molecule has 6 heteroatoms. The van der Waals surface area contributed by atoms with E-state index in [1.54, 1.807) is 0 Å². The normalized spacial score (nSPS) is 29.1. The topological polar surface area (TPSA) is 76.0 Å². The first-order valence-corrected chi connectivity index (χ1v) is 9.69. The summed E-state index contributed by atoms with van der Waals surface area (Å²) in [6.45, 7) is 10.1. The number of hydrogen-bond donors (Lipinski definition) is 2. The van der Waals surface area contributed by atoms with Crippen molar-refractivity contribution < 1.29 is 24.5 Å². The molecule has 1 aliphatic rings. The first kappa shape index (κ1) is 16.6. The highest BCUT2D eigenvalue weighted by Gasteiger charge is 2.45. The lowest BCUT2D eigenvalue weighted by molar-refractivity contribution is -0.243. The van der Waals surface area contributed by atoms with Gasteiger partial charge in [0.05, 0.1) is 6.10 Å². The molecule has 0 saturated heterocycles. The van der Waals surface area contributed by atoms with Crippen LogP contribution in [-0.2, 0) is 14.3 Å². The summed E-state index contributed by atoms with van der Waals surface area (Å²) >= 11 is 0. The standard InChI is InChI=1S/C13H26O5Si/c1-12(2,3)19(4,5)18-17-11(15)13(16)8-6-10(14)7-9-13/h10,14,16H,6-9H2,1-5H3. The Bertz CT molecular complexity index is 326. The molecule has 0 bridgehead atoms. The first-order chi connectivity index (χ1) is 8.48. The molecule has 0 spiro atoms. The largest absolute Gasteiger partial charge is 0.393 e. The number of aliphatic hydroxyl groups is 2. The van der Waals surface area contributed by atoms with Crippen LogP contribution in [-0.4, -0.2) is 36.2 Å². The monoisotopic (exact) mass is 290 g/mol. The van der Waals surface area contributed by atoms with Crippen molar-refractivity contribution in [3.05, 3.63) is 0 Å². The Morgan fingerprint density at radius 2 is 1.74 bits per heavy atom. The van der Waals surface area contributed by atoms with E-state index in [1.165, 1.54) is 0 Å². The van der Waals surface area contributed by atoms with Gasteiger partial charge in [-0.15, -0.1) is 0 Å². The van der Waals surface area contributed by atoms with E-state index in [2.05, 4.69) is 0 Å². The van der Waals surface area contributed by atoms with Gasteiger partial charge in [-0.25, -0.2) is 9.37 Å². The lowest BCUT2D eigenvalue weighted by Crippen LogP contribution is -2.47. The van der Waals surface area contributed by atoms with Gasteiger partial charge in [0, 0.05) is 0 Å². The third-order valence-corrected chi connectivity index (χ3v) is 8.41. The highest BCUT2D eigenvalue weighted by molar-refractivity contribution is 6.73. The molecular formula is C13H26O5Si. The average Bonchev–Trinajstić information content (AvgIpc) is 2.28. The van der Waals surface area contributed by atoms with Gasteiger partial charge in [0.2, 0.25) is 0 Å². The predicted octanol–water partition coefficient (Wildman–Crippen LogP) is 2.13. The number of carbonyl (C=O) groups excluding carboxylic acids is 1. The SMILES string of the molecule is CC(C)(C)[Si](C)(C)OOC(=O)C1(O)CCC(O)CC1. The van der Waals surface area contributed by atoms with E-state index < -0.39 is 26.0 Å². The fourth-order valence-electron chi connectivity index (χ4n) is 1.63. The van der Waals surface area contributed by atoms with Crippen LogP contribution in [0.1, 0.15) is 46.5 Å². The van der Waals surface area contributed by atoms with Crippen LogP contribution in [0.4, 0.5) is 0 Å². The van der Waals surface area contributed by atoms with Gasteiger partial charge in [-0.3, -0.25) is 0 Å². The van der Waals surface area contributed by atoms with Gasteiger partial charge >= 0.3 is 5.97 Å². The summed E-state index contributed by atoms with van der Waals surface area (Å²) in [6, 6.07) is 0. The summed E-state index contributed by atoms with van der Waals surface area (Å²) < 4.78 is 5.37. The quantitative estimate of drug-likeness (QED) is 0.473. The highest BCUT2D eigenvalue weighted by atomic mass is 28.4. The van der Waals surface area contributed by atoms with E-state index in [9.17, 15) is 15.0 Å². The van der Waals surface area contributed by atoms with Gasteiger partial charge in [0.1, 0.15) is 0 Å². The van der Waals surface area contributed by atoms with Crippen molar-refractivity contribution in [1.29, 1.82) is 0 Å². The van der Waals surface area contributed by atoms with Crippen LogP contribution in [0.25, 0.3) is 0 Å².